The summed E-state index contributed by atoms with van der Waals surface area (Å²) in [5.74, 6) is -0.430. The number of hydrogen-bond donors (Lipinski definition) is 1. The van der Waals surface area contributed by atoms with Crippen LogP contribution in [0.25, 0.3) is 0 Å². The van der Waals surface area contributed by atoms with Crippen molar-refractivity contribution < 1.29 is 32.0 Å². The highest BCUT2D eigenvalue weighted by Crippen LogP contribution is 2.37. The van der Waals surface area contributed by atoms with Crippen LogP contribution in [-0.4, -0.2) is 35.3 Å². The molecule has 1 saturated heterocycles. The van der Waals surface area contributed by atoms with Gasteiger partial charge in [-0.15, -0.1) is 0 Å². The van der Waals surface area contributed by atoms with Crippen molar-refractivity contribution in [3.05, 3.63) is 47.7 Å². The number of nitrogens with one attached hydrogen (secondary N) is 1. The summed E-state index contributed by atoms with van der Waals surface area (Å²) in [5.41, 5.74) is -1.20. The number of nitrogens with zero attached hydrogens (tertiary/aromatic N) is 1. The van der Waals surface area contributed by atoms with Crippen LogP contribution < -0.4 is 15.5 Å². The summed E-state index contributed by atoms with van der Waals surface area (Å²) >= 11 is 0. The third-order valence-electron chi connectivity index (χ3n) is 5.47. The van der Waals surface area contributed by atoms with Crippen molar-refractivity contribution in [2.75, 3.05) is 5.32 Å². The molecule has 1 fully saturated rings. The van der Waals surface area contributed by atoms with Gasteiger partial charge in [0.2, 0.25) is 0 Å². The second kappa shape index (κ2) is 8.40. The monoisotopic (exact) mass is 450 g/mol. The first-order valence-corrected chi connectivity index (χ1v) is 10.2. The first-order valence-electron chi connectivity index (χ1n) is 10.2. The molecule has 0 aliphatic carbocycles. The number of amides is 1. The van der Waals surface area contributed by atoms with Crippen LogP contribution in [0.4, 0.5) is 19.0 Å². The average Bonchev–Trinajstić information content (AvgIpc) is 2.88. The van der Waals surface area contributed by atoms with Crippen LogP contribution in [0.1, 0.15) is 57.5 Å². The minimum Gasteiger partial charge on any atom is -0.491 e. The molecule has 1 N–H and O–H groups in total. The molecule has 10 heteroatoms. The predicted octanol–water partition coefficient (Wildman–Crippen LogP) is 4.44. The van der Waals surface area contributed by atoms with E-state index < -0.39 is 36.0 Å². The zero-order valence-electron chi connectivity index (χ0n) is 18.8. The van der Waals surface area contributed by atoms with Gasteiger partial charge in [0.25, 0.3) is 5.91 Å². The number of benzene rings is 1. The minimum absolute atomic E-state index is 0.195. The molecule has 1 aromatic heterocycles. The third-order valence-corrected chi connectivity index (χ3v) is 5.47. The topological polar surface area (TPSA) is 69.7 Å². The van der Waals surface area contributed by atoms with Crippen LogP contribution in [0.3, 0.4) is 0 Å². The van der Waals surface area contributed by atoms with Gasteiger partial charge in [-0.3, -0.25) is 4.79 Å². The molecule has 1 aliphatic rings. The molecular formula is C22H26BF3N2O4. The second-order valence-electron chi connectivity index (χ2n) is 8.89. The minimum atomic E-state index is -4.54. The van der Waals surface area contributed by atoms with Crippen LogP contribution in [0.2, 0.25) is 0 Å². The first-order chi connectivity index (χ1) is 14.7. The van der Waals surface area contributed by atoms with E-state index in [0.29, 0.717) is 11.2 Å². The van der Waals surface area contributed by atoms with Gasteiger partial charge < -0.3 is 19.4 Å². The lowest BCUT2D eigenvalue weighted by Crippen LogP contribution is -2.41. The molecule has 0 spiro atoms. The molecule has 32 heavy (non-hydrogen) atoms. The standard InChI is InChI=1S/C22H26BF3N2O4/c1-13(2)30-17-11-14(7-8-16(17)23-31-20(3,4)21(5,6)32-23)19(29)28-18-12-15(9-10-27-18)22(24,25)26/h7-13H,1-6H3,(H,27,28,29). The van der Waals surface area contributed by atoms with Crippen LogP contribution in [0.15, 0.2) is 36.5 Å². The Kier molecular flexibility index (Phi) is 6.32. The number of rotatable bonds is 5. The molecule has 0 saturated carbocycles. The summed E-state index contributed by atoms with van der Waals surface area (Å²) < 4.78 is 56.9. The van der Waals surface area contributed by atoms with E-state index in [9.17, 15) is 18.0 Å². The van der Waals surface area contributed by atoms with Gasteiger partial charge in [0.1, 0.15) is 11.6 Å². The van der Waals surface area contributed by atoms with E-state index in [1.807, 2.05) is 41.5 Å². The van der Waals surface area contributed by atoms with E-state index in [-0.39, 0.29) is 17.5 Å². The van der Waals surface area contributed by atoms with Crippen molar-refractivity contribution in [1.29, 1.82) is 0 Å². The summed E-state index contributed by atoms with van der Waals surface area (Å²) in [6, 6.07) is 6.33. The number of carbonyl (C=O) groups excluding carboxylic acids is 1. The lowest BCUT2D eigenvalue weighted by molar-refractivity contribution is -0.137. The fourth-order valence-electron chi connectivity index (χ4n) is 3.06. The van der Waals surface area contributed by atoms with Gasteiger partial charge in [0.05, 0.1) is 22.9 Å². The van der Waals surface area contributed by atoms with Crippen molar-refractivity contribution >= 4 is 24.3 Å². The maximum Gasteiger partial charge on any atom is 0.498 e. The smallest absolute Gasteiger partial charge is 0.491 e. The third kappa shape index (κ3) is 5.07. The molecule has 2 heterocycles. The van der Waals surface area contributed by atoms with Gasteiger partial charge in [0.15, 0.2) is 0 Å². The number of aromatic nitrogens is 1. The van der Waals surface area contributed by atoms with E-state index in [2.05, 4.69) is 10.3 Å². The fourth-order valence-corrected chi connectivity index (χ4v) is 3.06. The second-order valence-corrected chi connectivity index (χ2v) is 8.89. The number of alkyl halides is 3. The molecule has 1 aliphatic heterocycles. The summed E-state index contributed by atoms with van der Waals surface area (Å²) in [6.07, 6.45) is -3.74. The fraction of sp³-hybridized carbons (Fsp3) is 0.455. The average molecular weight is 450 g/mol. The van der Waals surface area contributed by atoms with Crippen LogP contribution in [-0.2, 0) is 15.5 Å². The SMILES string of the molecule is CC(C)Oc1cc(C(=O)Nc2cc(C(F)(F)F)ccn2)ccc1B1OC(C)(C)C(C)(C)O1. The van der Waals surface area contributed by atoms with Crippen LogP contribution >= 0.6 is 0 Å². The summed E-state index contributed by atoms with van der Waals surface area (Å²) in [7, 11) is -0.698. The van der Waals surface area contributed by atoms with Gasteiger partial charge >= 0.3 is 13.3 Å². The van der Waals surface area contributed by atoms with Gasteiger partial charge in [0, 0.05) is 17.2 Å². The molecule has 0 atom stereocenters. The van der Waals surface area contributed by atoms with Gasteiger partial charge in [-0.2, -0.15) is 13.2 Å². The van der Waals surface area contributed by atoms with Crippen LogP contribution in [0, 0.1) is 0 Å². The van der Waals surface area contributed by atoms with Crippen molar-refractivity contribution in [2.24, 2.45) is 0 Å². The first kappa shape index (κ1) is 24.1. The Balaban J connectivity index is 1.88. The van der Waals surface area contributed by atoms with E-state index >= 15 is 0 Å². The van der Waals surface area contributed by atoms with Crippen molar-refractivity contribution in [2.45, 2.75) is 65.0 Å². The van der Waals surface area contributed by atoms with E-state index in [4.69, 9.17) is 14.0 Å². The molecule has 2 aromatic rings. The molecule has 0 unspecified atom stereocenters. The summed E-state index contributed by atoms with van der Waals surface area (Å²) in [4.78, 5) is 16.5. The molecule has 0 bridgehead atoms. The lowest BCUT2D eigenvalue weighted by atomic mass is 9.78. The number of carbonyl (C=O) groups is 1. The summed E-state index contributed by atoms with van der Waals surface area (Å²) in [5, 5.41) is 2.40. The molecule has 3 rings (SSSR count). The van der Waals surface area contributed by atoms with E-state index in [0.717, 1.165) is 18.3 Å². The highest BCUT2D eigenvalue weighted by Gasteiger charge is 2.52. The number of halogens is 3. The molecular weight excluding hydrogens is 424 g/mol. The normalized spacial score (nSPS) is 17.5. The Bertz CT molecular complexity index is 993. The Morgan fingerprint density at radius 3 is 2.28 bits per heavy atom. The largest absolute Gasteiger partial charge is 0.498 e. The molecule has 6 nitrogen and oxygen atoms in total. The number of pyridine rings is 1. The van der Waals surface area contributed by atoms with Gasteiger partial charge in [-0.05, 0) is 65.8 Å². The van der Waals surface area contributed by atoms with Crippen LogP contribution in [0.5, 0.6) is 5.75 Å². The molecule has 1 amide bonds. The van der Waals surface area contributed by atoms with E-state index in [1.54, 1.807) is 6.07 Å². The van der Waals surface area contributed by atoms with Crippen molar-refractivity contribution in [3.8, 4) is 5.75 Å². The maximum absolute atomic E-state index is 12.9. The highest BCUT2D eigenvalue weighted by atomic mass is 19.4. The summed E-state index contributed by atoms with van der Waals surface area (Å²) in [6.45, 7) is 11.4. The molecule has 172 valence electrons. The predicted molar refractivity (Wildman–Crippen MR) is 115 cm³/mol. The number of anilines is 1. The Morgan fingerprint density at radius 1 is 1.09 bits per heavy atom. The molecule has 1 aromatic carbocycles. The van der Waals surface area contributed by atoms with E-state index in [1.165, 1.54) is 12.1 Å². The molecule has 0 radical (unpaired) electrons. The Morgan fingerprint density at radius 2 is 1.72 bits per heavy atom. The van der Waals surface area contributed by atoms with Crippen molar-refractivity contribution in [3.63, 3.8) is 0 Å². The Labute approximate surface area is 185 Å². The zero-order valence-corrected chi connectivity index (χ0v) is 18.8. The number of ether oxygens (including phenoxy) is 1. The Hall–Kier alpha value is -2.59. The lowest BCUT2D eigenvalue weighted by Gasteiger charge is -2.32. The van der Waals surface area contributed by atoms with Crippen molar-refractivity contribution in [1.82, 2.24) is 4.98 Å². The highest BCUT2D eigenvalue weighted by molar-refractivity contribution is 6.63. The van der Waals surface area contributed by atoms with Gasteiger partial charge in [-0.25, -0.2) is 4.98 Å². The zero-order chi connectivity index (χ0) is 23.9. The maximum atomic E-state index is 12.9. The number of hydrogen-bond acceptors (Lipinski definition) is 5. The quantitative estimate of drug-likeness (QED) is 0.683. The van der Waals surface area contributed by atoms with Gasteiger partial charge in [-0.1, -0.05) is 6.07 Å².